The van der Waals surface area contributed by atoms with E-state index in [0.29, 0.717) is 6.04 Å². The SMILES string of the molecule is CCCCCCCCCCCc1nnc(CBr)n1C(C)C. The highest BCUT2D eigenvalue weighted by Gasteiger charge is 2.13. The first-order valence-electron chi connectivity index (χ1n) is 8.69. The van der Waals surface area contributed by atoms with Crippen LogP contribution in [0.25, 0.3) is 0 Å². The molecule has 0 radical (unpaired) electrons. The Labute approximate surface area is 139 Å². The van der Waals surface area contributed by atoms with Crippen LogP contribution in [0.5, 0.6) is 0 Å². The molecule has 1 aromatic heterocycles. The number of halogens is 1. The summed E-state index contributed by atoms with van der Waals surface area (Å²) in [6.45, 7) is 6.68. The topological polar surface area (TPSA) is 30.7 Å². The summed E-state index contributed by atoms with van der Waals surface area (Å²) in [6.07, 6.45) is 13.4. The largest absolute Gasteiger partial charge is 0.312 e. The highest BCUT2D eigenvalue weighted by molar-refractivity contribution is 9.08. The summed E-state index contributed by atoms with van der Waals surface area (Å²) in [5.74, 6) is 2.21. The highest BCUT2D eigenvalue weighted by atomic mass is 79.9. The standard InChI is InChI=1S/C17H32BrN3/c1-4-5-6-7-8-9-10-11-12-13-16-19-20-17(14-18)21(16)15(2)3/h15H,4-14H2,1-3H3. The Morgan fingerprint density at radius 3 is 1.90 bits per heavy atom. The van der Waals surface area contributed by atoms with Crippen LogP contribution >= 0.6 is 15.9 Å². The molecular weight excluding hydrogens is 326 g/mol. The molecule has 0 atom stereocenters. The zero-order chi connectivity index (χ0) is 15.5. The van der Waals surface area contributed by atoms with Crippen LogP contribution in [-0.2, 0) is 11.8 Å². The lowest BCUT2D eigenvalue weighted by atomic mass is 10.1. The van der Waals surface area contributed by atoms with Crippen molar-refractivity contribution in [1.29, 1.82) is 0 Å². The summed E-state index contributed by atoms with van der Waals surface area (Å²) in [5, 5.41) is 9.43. The fourth-order valence-corrected chi connectivity index (χ4v) is 3.19. The summed E-state index contributed by atoms with van der Waals surface area (Å²) in [4.78, 5) is 0. The molecule has 0 N–H and O–H groups in total. The summed E-state index contributed by atoms with van der Waals surface area (Å²) < 4.78 is 2.28. The molecule has 1 rings (SSSR count). The molecule has 0 fully saturated rings. The number of hydrogen-bond acceptors (Lipinski definition) is 2. The van der Waals surface area contributed by atoms with Crippen molar-refractivity contribution in [2.75, 3.05) is 0 Å². The van der Waals surface area contributed by atoms with Crippen LogP contribution in [0.3, 0.4) is 0 Å². The monoisotopic (exact) mass is 357 g/mol. The molecule has 0 aromatic carbocycles. The molecule has 0 aliphatic carbocycles. The van der Waals surface area contributed by atoms with E-state index in [1.807, 2.05) is 0 Å². The van der Waals surface area contributed by atoms with E-state index >= 15 is 0 Å². The van der Waals surface area contributed by atoms with Crippen molar-refractivity contribution >= 4 is 15.9 Å². The van der Waals surface area contributed by atoms with Crippen LogP contribution in [-0.4, -0.2) is 14.8 Å². The molecule has 0 aliphatic rings. The van der Waals surface area contributed by atoms with E-state index in [4.69, 9.17) is 0 Å². The van der Waals surface area contributed by atoms with Crippen LogP contribution in [0, 0.1) is 0 Å². The van der Waals surface area contributed by atoms with E-state index in [1.165, 1.54) is 57.8 Å². The molecular formula is C17H32BrN3. The minimum absolute atomic E-state index is 0.445. The number of rotatable bonds is 12. The van der Waals surface area contributed by atoms with Gasteiger partial charge < -0.3 is 4.57 Å². The number of aryl methyl sites for hydroxylation is 1. The molecule has 0 aliphatic heterocycles. The highest BCUT2D eigenvalue weighted by Crippen LogP contribution is 2.16. The summed E-state index contributed by atoms with van der Waals surface area (Å²) in [7, 11) is 0. The lowest BCUT2D eigenvalue weighted by Gasteiger charge is -2.12. The van der Waals surface area contributed by atoms with Gasteiger partial charge in [0.1, 0.15) is 11.6 Å². The molecule has 3 nitrogen and oxygen atoms in total. The van der Waals surface area contributed by atoms with Gasteiger partial charge in [0.15, 0.2) is 0 Å². The van der Waals surface area contributed by atoms with Crippen molar-refractivity contribution < 1.29 is 0 Å². The van der Waals surface area contributed by atoms with Crippen molar-refractivity contribution in [3.8, 4) is 0 Å². The van der Waals surface area contributed by atoms with Gasteiger partial charge in [0.2, 0.25) is 0 Å². The minimum Gasteiger partial charge on any atom is -0.312 e. The maximum atomic E-state index is 4.36. The van der Waals surface area contributed by atoms with Crippen molar-refractivity contribution in [2.45, 2.75) is 96.4 Å². The minimum atomic E-state index is 0.445. The van der Waals surface area contributed by atoms with E-state index in [9.17, 15) is 0 Å². The second-order valence-corrected chi connectivity index (χ2v) is 6.77. The van der Waals surface area contributed by atoms with E-state index in [0.717, 1.165) is 23.4 Å². The van der Waals surface area contributed by atoms with Gasteiger partial charge >= 0.3 is 0 Å². The molecule has 1 aromatic rings. The van der Waals surface area contributed by atoms with Crippen LogP contribution in [0.1, 0.15) is 96.2 Å². The van der Waals surface area contributed by atoms with Gasteiger partial charge in [-0.1, -0.05) is 74.2 Å². The van der Waals surface area contributed by atoms with Crippen LogP contribution in [0.2, 0.25) is 0 Å². The summed E-state index contributed by atoms with van der Waals surface area (Å²) in [6, 6.07) is 0.445. The fourth-order valence-electron chi connectivity index (χ4n) is 2.81. The van der Waals surface area contributed by atoms with Crippen molar-refractivity contribution in [3.63, 3.8) is 0 Å². The number of hydrogen-bond donors (Lipinski definition) is 0. The van der Waals surface area contributed by atoms with Crippen molar-refractivity contribution in [3.05, 3.63) is 11.6 Å². The molecule has 4 heteroatoms. The van der Waals surface area contributed by atoms with Gasteiger partial charge in [0.25, 0.3) is 0 Å². The average molecular weight is 358 g/mol. The lowest BCUT2D eigenvalue weighted by molar-refractivity contribution is 0.529. The smallest absolute Gasteiger partial charge is 0.143 e. The molecule has 21 heavy (non-hydrogen) atoms. The van der Waals surface area contributed by atoms with Crippen LogP contribution in [0.15, 0.2) is 0 Å². The zero-order valence-corrected chi connectivity index (χ0v) is 15.7. The normalized spacial score (nSPS) is 11.5. The number of unbranched alkanes of at least 4 members (excludes halogenated alkanes) is 8. The van der Waals surface area contributed by atoms with Gasteiger partial charge in [-0.05, 0) is 20.3 Å². The first-order chi connectivity index (χ1) is 10.2. The predicted molar refractivity (Wildman–Crippen MR) is 94.0 cm³/mol. The van der Waals surface area contributed by atoms with E-state index < -0.39 is 0 Å². The third-order valence-electron chi connectivity index (χ3n) is 3.98. The fraction of sp³-hybridized carbons (Fsp3) is 0.882. The Balaban J connectivity index is 2.17. The first kappa shape index (κ1) is 18.7. The molecule has 122 valence electrons. The Morgan fingerprint density at radius 2 is 1.38 bits per heavy atom. The second kappa shape index (κ2) is 11.2. The van der Waals surface area contributed by atoms with Gasteiger partial charge in [-0.25, -0.2) is 0 Å². The maximum absolute atomic E-state index is 4.36. The van der Waals surface area contributed by atoms with Crippen molar-refractivity contribution in [1.82, 2.24) is 14.8 Å². The average Bonchev–Trinajstić information content (AvgIpc) is 2.88. The zero-order valence-electron chi connectivity index (χ0n) is 14.1. The molecule has 0 spiro atoms. The summed E-state index contributed by atoms with van der Waals surface area (Å²) >= 11 is 3.49. The molecule has 1 heterocycles. The van der Waals surface area contributed by atoms with Crippen LogP contribution < -0.4 is 0 Å². The maximum Gasteiger partial charge on any atom is 0.143 e. The Hall–Kier alpha value is -0.380. The number of nitrogens with zero attached hydrogens (tertiary/aromatic N) is 3. The quantitative estimate of drug-likeness (QED) is 0.348. The lowest BCUT2D eigenvalue weighted by Crippen LogP contribution is -2.09. The third-order valence-corrected chi connectivity index (χ3v) is 4.48. The van der Waals surface area contributed by atoms with Gasteiger partial charge in [0.05, 0.1) is 5.33 Å². The number of aromatic nitrogens is 3. The Morgan fingerprint density at radius 1 is 0.857 bits per heavy atom. The first-order valence-corrected chi connectivity index (χ1v) is 9.81. The van der Waals surface area contributed by atoms with Crippen LogP contribution in [0.4, 0.5) is 0 Å². The van der Waals surface area contributed by atoms with Gasteiger partial charge in [-0.3, -0.25) is 0 Å². The predicted octanol–water partition coefficient (Wildman–Crippen LogP) is 5.83. The molecule has 0 saturated carbocycles. The molecule has 0 saturated heterocycles. The second-order valence-electron chi connectivity index (χ2n) is 6.21. The van der Waals surface area contributed by atoms with Crippen molar-refractivity contribution in [2.24, 2.45) is 0 Å². The summed E-state index contributed by atoms with van der Waals surface area (Å²) in [5.41, 5.74) is 0. The Kier molecular flexibility index (Phi) is 9.98. The van der Waals surface area contributed by atoms with Gasteiger partial charge in [-0.2, -0.15) is 0 Å². The molecule has 0 amide bonds. The Bertz CT molecular complexity index is 374. The van der Waals surface area contributed by atoms with Gasteiger partial charge in [0, 0.05) is 12.5 Å². The van der Waals surface area contributed by atoms with Gasteiger partial charge in [-0.15, -0.1) is 10.2 Å². The van der Waals surface area contributed by atoms with E-state index in [1.54, 1.807) is 0 Å². The molecule has 0 unspecified atom stereocenters. The number of alkyl halides is 1. The van der Waals surface area contributed by atoms with E-state index in [2.05, 4.69) is 51.5 Å². The molecule has 0 bridgehead atoms. The third kappa shape index (κ3) is 6.94. The van der Waals surface area contributed by atoms with E-state index in [-0.39, 0.29) is 0 Å².